The van der Waals surface area contributed by atoms with Crippen LogP contribution in [0.25, 0.3) is 10.1 Å². The Morgan fingerprint density at radius 2 is 1.89 bits per heavy atom. The molecular formula is C15H19ClN2S. The fourth-order valence-corrected chi connectivity index (χ4v) is 4.43. The lowest BCUT2D eigenvalue weighted by Crippen LogP contribution is -2.25. The van der Waals surface area contributed by atoms with Crippen LogP contribution >= 0.6 is 23.7 Å². The van der Waals surface area contributed by atoms with Crippen LogP contribution < -0.4 is 5.32 Å². The minimum atomic E-state index is 0. The van der Waals surface area contributed by atoms with Crippen LogP contribution in [0.1, 0.15) is 5.56 Å². The van der Waals surface area contributed by atoms with Crippen molar-refractivity contribution in [3.05, 3.63) is 35.2 Å². The SMILES string of the molecule is Cl.c1ccc2c(CN3C[C@H]4CNC[C@H]4C3)csc2c1. The van der Waals surface area contributed by atoms with Gasteiger partial charge in [0.25, 0.3) is 0 Å². The minimum absolute atomic E-state index is 0. The van der Waals surface area contributed by atoms with Crippen molar-refractivity contribution in [2.75, 3.05) is 26.2 Å². The molecule has 2 nitrogen and oxygen atoms in total. The highest BCUT2D eigenvalue weighted by atomic mass is 35.5. The standard InChI is InChI=1S/C15H18N2S.ClH/c1-2-4-15-14(3-1)13(10-18-15)9-17-7-11-5-16-6-12(11)8-17;/h1-4,10-12,16H,5-9H2;1H/t11-,12+;. The summed E-state index contributed by atoms with van der Waals surface area (Å²) in [5.41, 5.74) is 1.52. The van der Waals surface area contributed by atoms with Crippen LogP contribution in [-0.4, -0.2) is 31.1 Å². The maximum absolute atomic E-state index is 3.51. The Morgan fingerprint density at radius 3 is 2.68 bits per heavy atom. The first-order valence-corrected chi connectivity index (χ1v) is 7.66. The predicted molar refractivity (Wildman–Crippen MR) is 84.2 cm³/mol. The molecule has 1 aromatic carbocycles. The van der Waals surface area contributed by atoms with Gasteiger partial charge < -0.3 is 5.32 Å². The van der Waals surface area contributed by atoms with Crippen LogP contribution in [0.3, 0.4) is 0 Å². The van der Waals surface area contributed by atoms with E-state index in [1.165, 1.54) is 41.8 Å². The first-order valence-electron chi connectivity index (χ1n) is 6.78. The molecule has 0 aliphatic carbocycles. The first kappa shape index (κ1) is 13.4. The summed E-state index contributed by atoms with van der Waals surface area (Å²) >= 11 is 1.88. The first-order chi connectivity index (χ1) is 8.90. The molecule has 2 aliphatic rings. The molecule has 2 aromatic rings. The predicted octanol–water partition coefficient (Wildman–Crippen LogP) is 2.97. The Labute approximate surface area is 124 Å². The van der Waals surface area contributed by atoms with Crippen molar-refractivity contribution < 1.29 is 0 Å². The molecule has 2 saturated heterocycles. The van der Waals surface area contributed by atoms with Gasteiger partial charge in [0, 0.05) is 24.3 Å². The summed E-state index contributed by atoms with van der Waals surface area (Å²) in [7, 11) is 0. The van der Waals surface area contributed by atoms with E-state index in [-0.39, 0.29) is 12.4 Å². The summed E-state index contributed by atoms with van der Waals surface area (Å²) in [6, 6.07) is 8.78. The lowest BCUT2D eigenvalue weighted by molar-refractivity contribution is 0.307. The van der Waals surface area contributed by atoms with E-state index in [2.05, 4.69) is 39.9 Å². The van der Waals surface area contributed by atoms with Crippen molar-refractivity contribution in [1.29, 1.82) is 0 Å². The van der Waals surface area contributed by atoms with E-state index in [1.54, 1.807) is 0 Å². The Kier molecular flexibility index (Phi) is 3.81. The number of thiophene rings is 1. The zero-order chi connectivity index (χ0) is 11.9. The third kappa shape index (κ3) is 2.40. The van der Waals surface area contributed by atoms with Crippen LogP contribution in [0.15, 0.2) is 29.6 Å². The fourth-order valence-electron chi connectivity index (χ4n) is 3.48. The number of rotatable bonds is 2. The molecule has 19 heavy (non-hydrogen) atoms. The van der Waals surface area contributed by atoms with Gasteiger partial charge in [0.05, 0.1) is 0 Å². The number of hydrogen-bond acceptors (Lipinski definition) is 3. The van der Waals surface area contributed by atoms with E-state index < -0.39 is 0 Å². The van der Waals surface area contributed by atoms with Gasteiger partial charge in [-0.05, 0) is 47.3 Å². The van der Waals surface area contributed by atoms with Crippen molar-refractivity contribution in [1.82, 2.24) is 10.2 Å². The van der Waals surface area contributed by atoms with Crippen molar-refractivity contribution in [2.24, 2.45) is 11.8 Å². The van der Waals surface area contributed by atoms with Crippen molar-refractivity contribution in [3.63, 3.8) is 0 Å². The van der Waals surface area contributed by atoms with Gasteiger partial charge in [-0.1, -0.05) is 18.2 Å². The molecule has 4 rings (SSSR count). The maximum atomic E-state index is 3.51. The molecule has 2 aliphatic heterocycles. The highest BCUT2D eigenvalue weighted by Crippen LogP contribution is 2.31. The van der Waals surface area contributed by atoms with Gasteiger partial charge in [-0.15, -0.1) is 23.7 Å². The van der Waals surface area contributed by atoms with Crippen LogP contribution in [0.5, 0.6) is 0 Å². The Morgan fingerprint density at radius 1 is 1.16 bits per heavy atom. The highest BCUT2D eigenvalue weighted by Gasteiger charge is 2.35. The molecule has 4 heteroatoms. The average Bonchev–Trinajstić information content (AvgIpc) is 3.04. The van der Waals surface area contributed by atoms with Crippen LogP contribution in [0.4, 0.5) is 0 Å². The molecule has 0 amide bonds. The summed E-state index contributed by atoms with van der Waals surface area (Å²) in [4.78, 5) is 2.64. The Balaban J connectivity index is 0.00000110. The second-order valence-electron chi connectivity index (χ2n) is 5.63. The van der Waals surface area contributed by atoms with Gasteiger partial charge in [0.15, 0.2) is 0 Å². The van der Waals surface area contributed by atoms with E-state index in [9.17, 15) is 0 Å². The largest absolute Gasteiger partial charge is 0.316 e. The molecule has 2 fully saturated rings. The van der Waals surface area contributed by atoms with Crippen LogP contribution in [-0.2, 0) is 6.54 Å². The topological polar surface area (TPSA) is 15.3 Å². The molecule has 0 saturated carbocycles. The Hall–Kier alpha value is -0.610. The summed E-state index contributed by atoms with van der Waals surface area (Å²) in [5.74, 6) is 1.80. The molecule has 1 N–H and O–H groups in total. The van der Waals surface area contributed by atoms with E-state index in [0.717, 1.165) is 18.4 Å². The number of nitrogens with zero attached hydrogens (tertiary/aromatic N) is 1. The Bertz CT molecular complexity index is 556. The van der Waals surface area contributed by atoms with Crippen molar-refractivity contribution in [2.45, 2.75) is 6.54 Å². The molecule has 0 unspecified atom stereocenters. The second kappa shape index (κ2) is 5.41. The third-order valence-corrected chi connectivity index (χ3v) is 5.43. The number of likely N-dealkylation sites (tertiary alicyclic amines) is 1. The number of hydrogen-bond donors (Lipinski definition) is 1. The number of benzene rings is 1. The number of fused-ring (bicyclic) bond motifs is 2. The quantitative estimate of drug-likeness (QED) is 0.916. The molecule has 1 aromatic heterocycles. The maximum Gasteiger partial charge on any atom is 0.0346 e. The van der Waals surface area contributed by atoms with Gasteiger partial charge in [0.1, 0.15) is 0 Å². The van der Waals surface area contributed by atoms with Gasteiger partial charge >= 0.3 is 0 Å². The third-order valence-electron chi connectivity index (χ3n) is 4.42. The highest BCUT2D eigenvalue weighted by molar-refractivity contribution is 7.17. The van der Waals surface area contributed by atoms with E-state index in [4.69, 9.17) is 0 Å². The monoisotopic (exact) mass is 294 g/mol. The average molecular weight is 295 g/mol. The summed E-state index contributed by atoms with van der Waals surface area (Å²) in [6.07, 6.45) is 0. The smallest absolute Gasteiger partial charge is 0.0346 e. The molecular weight excluding hydrogens is 276 g/mol. The zero-order valence-corrected chi connectivity index (χ0v) is 12.5. The molecule has 2 atom stereocenters. The van der Waals surface area contributed by atoms with Crippen LogP contribution in [0, 0.1) is 11.8 Å². The molecule has 3 heterocycles. The lowest BCUT2D eigenvalue weighted by Gasteiger charge is -2.16. The van der Waals surface area contributed by atoms with E-state index >= 15 is 0 Å². The molecule has 0 radical (unpaired) electrons. The summed E-state index contributed by atoms with van der Waals surface area (Å²) in [6.45, 7) is 6.15. The van der Waals surface area contributed by atoms with Gasteiger partial charge in [0.2, 0.25) is 0 Å². The van der Waals surface area contributed by atoms with Crippen molar-refractivity contribution in [3.8, 4) is 0 Å². The second-order valence-corrected chi connectivity index (χ2v) is 6.54. The normalized spacial score (nSPS) is 26.5. The van der Waals surface area contributed by atoms with Gasteiger partial charge in [-0.2, -0.15) is 0 Å². The van der Waals surface area contributed by atoms with Gasteiger partial charge in [-0.25, -0.2) is 0 Å². The number of nitrogens with one attached hydrogen (secondary N) is 1. The summed E-state index contributed by atoms with van der Waals surface area (Å²) in [5, 5.41) is 7.31. The minimum Gasteiger partial charge on any atom is -0.316 e. The van der Waals surface area contributed by atoms with Crippen molar-refractivity contribution >= 4 is 33.8 Å². The van der Waals surface area contributed by atoms with E-state index in [1.807, 2.05) is 11.3 Å². The lowest BCUT2D eigenvalue weighted by atomic mass is 10.0. The van der Waals surface area contributed by atoms with Gasteiger partial charge in [-0.3, -0.25) is 4.90 Å². The number of halogens is 1. The molecule has 0 spiro atoms. The van der Waals surface area contributed by atoms with Crippen LogP contribution in [0.2, 0.25) is 0 Å². The fraction of sp³-hybridized carbons (Fsp3) is 0.467. The molecule has 102 valence electrons. The zero-order valence-electron chi connectivity index (χ0n) is 10.8. The van der Waals surface area contributed by atoms with E-state index in [0.29, 0.717) is 0 Å². The molecule has 0 bridgehead atoms. The summed E-state index contributed by atoms with van der Waals surface area (Å²) < 4.78 is 1.42.